The molecule has 0 fully saturated rings. The summed E-state index contributed by atoms with van der Waals surface area (Å²) >= 11 is 11.5. The van der Waals surface area contributed by atoms with E-state index in [0.717, 1.165) is 27.8 Å². The fourth-order valence-corrected chi connectivity index (χ4v) is 4.37. The zero-order valence-corrected chi connectivity index (χ0v) is 23.2. The number of nitrogens with one attached hydrogen (secondary N) is 2. The zero-order valence-electron chi connectivity index (χ0n) is 21.6. The number of rotatable bonds is 6. The Balaban J connectivity index is 1.21. The van der Waals surface area contributed by atoms with Crippen molar-refractivity contribution in [2.45, 2.75) is 26.7 Å². The maximum Gasteiger partial charge on any atom is 0.250 e. The highest BCUT2D eigenvalue weighted by molar-refractivity contribution is 7.80. The topological polar surface area (TPSA) is 80.3 Å². The van der Waals surface area contributed by atoms with Crippen molar-refractivity contribution in [3.63, 3.8) is 0 Å². The number of furan rings is 1. The Morgan fingerprint density at radius 1 is 1.00 bits per heavy atom. The number of fused-ring (bicyclic) bond motifs is 1. The number of oxazole rings is 1. The summed E-state index contributed by atoms with van der Waals surface area (Å²) in [6, 6.07) is 22.9. The second-order valence-corrected chi connectivity index (χ2v) is 10.2. The van der Waals surface area contributed by atoms with Crippen molar-refractivity contribution in [2.75, 3.05) is 5.32 Å². The number of carbonyl (C=O) groups excluding carboxylic acids is 1. The summed E-state index contributed by atoms with van der Waals surface area (Å²) in [5, 5.41) is 6.51. The number of aryl methyl sites for hydroxylation is 1. The van der Waals surface area contributed by atoms with Crippen LogP contribution in [0.1, 0.15) is 36.7 Å². The minimum Gasteiger partial charge on any atom is -0.457 e. The van der Waals surface area contributed by atoms with E-state index in [2.05, 4.69) is 41.6 Å². The van der Waals surface area contributed by atoms with Crippen LogP contribution in [0.3, 0.4) is 0 Å². The summed E-state index contributed by atoms with van der Waals surface area (Å²) in [7, 11) is 0. The average Bonchev–Trinajstić information content (AvgIpc) is 3.56. The van der Waals surface area contributed by atoms with Crippen LogP contribution in [-0.2, 0) is 4.79 Å². The Morgan fingerprint density at radius 3 is 2.64 bits per heavy atom. The molecule has 0 atom stereocenters. The quantitative estimate of drug-likeness (QED) is 0.162. The summed E-state index contributed by atoms with van der Waals surface area (Å²) in [5.41, 5.74) is 6.09. The number of nitrogens with zero attached hydrogens (tertiary/aromatic N) is 1. The standard InChI is InChI=1S/C31H26ClN3O3S/c1-18(2)20-9-12-28-26(17-20)34-30(38-28)22-5-4-6-23(15-22)33-31(39)35-29(36)14-11-24-10-13-27(37-24)21-8-7-19(3)25(32)16-21/h4-18H,1-3H3,(H2,33,35,36,39)/b14-11+. The molecule has 0 saturated heterocycles. The van der Waals surface area contributed by atoms with Crippen molar-refractivity contribution in [3.05, 3.63) is 101 Å². The zero-order chi connectivity index (χ0) is 27.5. The van der Waals surface area contributed by atoms with Gasteiger partial charge in [-0.3, -0.25) is 10.1 Å². The third-order valence-corrected chi connectivity index (χ3v) is 6.78. The predicted molar refractivity (Wildman–Crippen MR) is 161 cm³/mol. The van der Waals surface area contributed by atoms with Crippen LogP contribution in [0.4, 0.5) is 5.69 Å². The third-order valence-electron chi connectivity index (χ3n) is 6.16. The molecule has 0 aliphatic carbocycles. The fraction of sp³-hybridized carbons (Fsp3) is 0.129. The molecule has 0 aliphatic heterocycles. The lowest BCUT2D eigenvalue weighted by Gasteiger charge is -2.08. The van der Waals surface area contributed by atoms with Gasteiger partial charge in [0.1, 0.15) is 17.0 Å². The number of hydrogen-bond acceptors (Lipinski definition) is 5. The monoisotopic (exact) mass is 555 g/mol. The van der Waals surface area contributed by atoms with Crippen molar-refractivity contribution < 1.29 is 13.6 Å². The minimum atomic E-state index is -0.389. The first-order chi connectivity index (χ1) is 18.7. The molecule has 0 spiro atoms. The van der Waals surface area contributed by atoms with Gasteiger partial charge in [-0.25, -0.2) is 4.98 Å². The smallest absolute Gasteiger partial charge is 0.250 e. The van der Waals surface area contributed by atoms with Crippen molar-refractivity contribution in [1.82, 2.24) is 10.3 Å². The number of aromatic nitrogens is 1. The number of benzene rings is 3. The van der Waals surface area contributed by atoms with E-state index in [4.69, 9.17) is 32.7 Å². The minimum absolute atomic E-state index is 0.162. The Hall–Kier alpha value is -4.20. The number of anilines is 1. The molecule has 0 bridgehead atoms. The molecule has 2 heterocycles. The fourth-order valence-electron chi connectivity index (χ4n) is 3.97. The van der Waals surface area contributed by atoms with Gasteiger partial charge in [0, 0.05) is 27.9 Å². The molecule has 0 radical (unpaired) electrons. The molecule has 2 N–H and O–H groups in total. The van der Waals surface area contributed by atoms with Crippen LogP contribution < -0.4 is 10.6 Å². The summed E-state index contributed by atoms with van der Waals surface area (Å²) in [6.45, 7) is 6.23. The molecule has 5 aromatic rings. The number of thiocarbonyl (C=S) groups is 1. The van der Waals surface area contributed by atoms with E-state index in [-0.39, 0.29) is 11.0 Å². The first kappa shape index (κ1) is 26.4. The van der Waals surface area contributed by atoms with Gasteiger partial charge in [-0.15, -0.1) is 0 Å². The lowest BCUT2D eigenvalue weighted by atomic mass is 10.0. The Labute approximate surface area is 236 Å². The molecular weight excluding hydrogens is 530 g/mol. The number of carbonyl (C=O) groups is 1. The van der Waals surface area contributed by atoms with Crippen LogP contribution >= 0.6 is 23.8 Å². The van der Waals surface area contributed by atoms with E-state index in [9.17, 15) is 4.79 Å². The summed E-state index contributed by atoms with van der Waals surface area (Å²) < 4.78 is 11.8. The summed E-state index contributed by atoms with van der Waals surface area (Å²) in [5.74, 6) is 1.72. The van der Waals surface area contributed by atoms with E-state index in [1.54, 1.807) is 12.1 Å². The van der Waals surface area contributed by atoms with Gasteiger partial charge in [0.15, 0.2) is 10.7 Å². The summed E-state index contributed by atoms with van der Waals surface area (Å²) in [6.07, 6.45) is 2.94. The van der Waals surface area contributed by atoms with Crippen molar-refractivity contribution in [3.8, 4) is 22.8 Å². The Morgan fingerprint density at radius 2 is 1.85 bits per heavy atom. The maximum absolute atomic E-state index is 12.4. The van der Waals surface area contributed by atoms with Gasteiger partial charge in [-0.05, 0) is 90.8 Å². The Bertz CT molecular complexity index is 1720. The maximum atomic E-state index is 12.4. The lowest BCUT2D eigenvalue weighted by Crippen LogP contribution is -2.32. The highest BCUT2D eigenvalue weighted by atomic mass is 35.5. The molecule has 5 rings (SSSR count). The van der Waals surface area contributed by atoms with E-state index < -0.39 is 0 Å². The van der Waals surface area contributed by atoms with Gasteiger partial charge in [-0.2, -0.15) is 0 Å². The number of hydrogen-bond donors (Lipinski definition) is 2. The highest BCUT2D eigenvalue weighted by Crippen LogP contribution is 2.29. The van der Waals surface area contributed by atoms with Crippen molar-refractivity contribution in [1.29, 1.82) is 0 Å². The first-order valence-corrected chi connectivity index (χ1v) is 13.2. The molecule has 0 aliphatic rings. The van der Waals surface area contributed by atoms with Crippen molar-refractivity contribution >= 4 is 57.7 Å². The molecule has 196 valence electrons. The molecule has 2 aromatic heterocycles. The molecule has 3 aromatic carbocycles. The molecule has 8 heteroatoms. The average molecular weight is 556 g/mol. The van der Waals surface area contributed by atoms with E-state index in [1.807, 2.05) is 61.5 Å². The molecular formula is C31H26ClN3O3S. The van der Waals surface area contributed by atoms with Gasteiger partial charge in [0.05, 0.1) is 0 Å². The first-order valence-electron chi connectivity index (χ1n) is 12.4. The molecule has 0 unspecified atom stereocenters. The molecule has 6 nitrogen and oxygen atoms in total. The Kier molecular flexibility index (Phi) is 7.63. The van der Waals surface area contributed by atoms with Crippen LogP contribution in [-0.4, -0.2) is 16.0 Å². The van der Waals surface area contributed by atoms with Crippen LogP contribution in [0.25, 0.3) is 40.0 Å². The van der Waals surface area contributed by atoms with Gasteiger partial charge < -0.3 is 14.2 Å². The number of amides is 1. The predicted octanol–water partition coefficient (Wildman–Crippen LogP) is 8.37. The van der Waals surface area contributed by atoms with Crippen LogP contribution in [0.2, 0.25) is 5.02 Å². The molecule has 1 amide bonds. The van der Waals surface area contributed by atoms with Crippen LogP contribution in [0.5, 0.6) is 0 Å². The van der Waals surface area contributed by atoms with Gasteiger partial charge in [0.25, 0.3) is 0 Å². The van der Waals surface area contributed by atoms with Crippen LogP contribution in [0, 0.1) is 6.92 Å². The van der Waals surface area contributed by atoms with Gasteiger partial charge in [-0.1, -0.05) is 49.7 Å². The lowest BCUT2D eigenvalue weighted by molar-refractivity contribution is -0.115. The largest absolute Gasteiger partial charge is 0.457 e. The third kappa shape index (κ3) is 6.28. The number of halogens is 1. The van der Waals surface area contributed by atoms with Gasteiger partial charge in [0.2, 0.25) is 11.8 Å². The van der Waals surface area contributed by atoms with E-state index >= 15 is 0 Å². The molecule has 0 saturated carbocycles. The van der Waals surface area contributed by atoms with E-state index in [0.29, 0.717) is 34.0 Å². The summed E-state index contributed by atoms with van der Waals surface area (Å²) in [4.78, 5) is 17.1. The van der Waals surface area contributed by atoms with Gasteiger partial charge >= 0.3 is 0 Å². The molecule has 39 heavy (non-hydrogen) atoms. The second kappa shape index (κ2) is 11.3. The highest BCUT2D eigenvalue weighted by Gasteiger charge is 2.12. The van der Waals surface area contributed by atoms with Crippen molar-refractivity contribution in [2.24, 2.45) is 0 Å². The normalized spacial score (nSPS) is 11.4. The van der Waals surface area contributed by atoms with Crippen LogP contribution in [0.15, 0.2) is 87.7 Å². The SMILES string of the molecule is Cc1ccc(-c2ccc(/C=C/C(=O)NC(=S)Nc3cccc(-c4nc5cc(C(C)C)ccc5o4)c3)o2)cc1Cl. The second-order valence-electron chi connectivity index (χ2n) is 9.42. The van der Waals surface area contributed by atoms with E-state index in [1.165, 1.54) is 11.6 Å².